The fourth-order valence-electron chi connectivity index (χ4n) is 3.12. The minimum absolute atomic E-state index is 0.0474. The van der Waals surface area contributed by atoms with Gasteiger partial charge in [0.05, 0.1) is 24.5 Å². The highest BCUT2D eigenvalue weighted by Crippen LogP contribution is 2.29. The molecule has 0 radical (unpaired) electrons. The maximum atomic E-state index is 12.9. The molecule has 0 aromatic heterocycles. The van der Waals surface area contributed by atoms with Gasteiger partial charge in [-0.3, -0.25) is 9.59 Å². The average Bonchev–Trinajstić information content (AvgIpc) is 2.88. The van der Waals surface area contributed by atoms with E-state index in [9.17, 15) is 19.2 Å². The van der Waals surface area contributed by atoms with Crippen LogP contribution in [0.25, 0.3) is 0 Å². The third kappa shape index (κ3) is 7.95. The second kappa shape index (κ2) is 13.2. The van der Waals surface area contributed by atoms with Crippen LogP contribution < -0.4 is 20.2 Å². The number of hydrogen-bond acceptors (Lipinski definition) is 6. The number of hydrogen-bond donors (Lipinski definition) is 2. The predicted molar refractivity (Wildman–Crippen MR) is 133 cm³/mol. The summed E-state index contributed by atoms with van der Waals surface area (Å²) in [4.78, 5) is 24.0. The number of anilines is 1. The quantitative estimate of drug-likeness (QED) is 0.304. The predicted octanol–water partition coefficient (Wildman–Crippen LogP) is 4.54. The fraction of sp³-hybridized carbons (Fsp3) is 0.185. The van der Waals surface area contributed by atoms with Crippen LogP contribution in [0.3, 0.4) is 0 Å². The van der Waals surface area contributed by atoms with Gasteiger partial charge in [-0.25, -0.2) is 9.82 Å². The Kier molecular flexibility index (Phi) is 9.53. The van der Waals surface area contributed by atoms with Gasteiger partial charge in [-0.1, -0.05) is 18.2 Å². The van der Waals surface area contributed by atoms with Gasteiger partial charge < -0.3 is 14.8 Å². The third-order valence-electron chi connectivity index (χ3n) is 4.90. The van der Waals surface area contributed by atoms with Crippen molar-refractivity contribution in [3.63, 3.8) is 0 Å². The van der Waals surface area contributed by atoms with E-state index in [-0.39, 0.29) is 25.4 Å². The van der Waals surface area contributed by atoms with E-state index in [1.807, 2.05) is 19.1 Å². The molecule has 3 rings (SSSR count). The Bertz CT molecular complexity index is 1270. The van der Waals surface area contributed by atoms with Crippen molar-refractivity contribution in [3.05, 3.63) is 89.2 Å². The number of rotatable bonds is 11. The number of carbonyl (C=O) groups is 2. The minimum atomic E-state index is -0.429. The van der Waals surface area contributed by atoms with Crippen LogP contribution in [0.2, 0.25) is 0 Å². The largest absolute Gasteiger partial charge is 0.490 e. The summed E-state index contributed by atoms with van der Waals surface area (Å²) in [6.07, 6.45) is 1.34. The number of carbonyl (C=O) groups excluding carboxylic acids is 2. The van der Waals surface area contributed by atoms with Crippen LogP contribution in [0.1, 0.15) is 36.5 Å². The van der Waals surface area contributed by atoms with Crippen LogP contribution in [0.5, 0.6) is 11.5 Å². The van der Waals surface area contributed by atoms with E-state index < -0.39 is 11.7 Å². The second-order valence-electron chi connectivity index (χ2n) is 7.55. The molecule has 0 bridgehead atoms. The highest BCUT2D eigenvalue weighted by atomic mass is 19.1. The van der Waals surface area contributed by atoms with Crippen molar-refractivity contribution in [1.82, 2.24) is 5.43 Å². The maximum Gasteiger partial charge on any atom is 0.240 e. The summed E-state index contributed by atoms with van der Waals surface area (Å²) in [7, 11) is 0. The lowest BCUT2D eigenvalue weighted by atomic mass is 10.1. The van der Waals surface area contributed by atoms with E-state index in [2.05, 4.69) is 21.9 Å². The molecule has 2 N–H and O–H groups in total. The molecule has 9 heteroatoms. The van der Waals surface area contributed by atoms with Crippen molar-refractivity contribution in [2.75, 3.05) is 11.9 Å². The Balaban J connectivity index is 1.51. The van der Waals surface area contributed by atoms with Crippen LogP contribution in [0.4, 0.5) is 10.1 Å². The number of benzene rings is 3. The third-order valence-corrected chi connectivity index (χ3v) is 4.90. The normalized spacial score (nSPS) is 10.5. The van der Waals surface area contributed by atoms with Crippen molar-refractivity contribution in [3.8, 4) is 17.6 Å². The molecule has 2 amide bonds. The maximum absolute atomic E-state index is 12.9. The van der Waals surface area contributed by atoms with Gasteiger partial charge in [-0.2, -0.15) is 10.4 Å². The molecular weight excluding hydrogens is 463 g/mol. The number of nitrogens with one attached hydrogen (secondary N) is 2. The van der Waals surface area contributed by atoms with Crippen molar-refractivity contribution < 1.29 is 23.5 Å². The first-order chi connectivity index (χ1) is 17.5. The molecule has 0 aliphatic rings. The summed E-state index contributed by atoms with van der Waals surface area (Å²) in [5, 5.41) is 15.8. The molecule has 0 unspecified atom stereocenters. The highest BCUT2D eigenvalue weighted by Gasteiger charge is 2.09. The Labute approximate surface area is 208 Å². The van der Waals surface area contributed by atoms with Crippen LogP contribution in [-0.2, 0) is 16.2 Å². The SMILES string of the molecule is CCOc1cc(C=NNC(=O)CCC(=O)Nc2ccc(F)cc2)ccc1OCc1ccccc1C#N. The molecule has 0 heterocycles. The van der Waals surface area contributed by atoms with Gasteiger partial charge in [0.2, 0.25) is 11.8 Å². The number of amides is 2. The lowest BCUT2D eigenvalue weighted by Crippen LogP contribution is -2.20. The van der Waals surface area contributed by atoms with Crippen LogP contribution in [-0.4, -0.2) is 24.6 Å². The zero-order valence-corrected chi connectivity index (χ0v) is 19.7. The van der Waals surface area contributed by atoms with Crippen molar-refractivity contribution in [2.24, 2.45) is 5.10 Å². The van der Waals surface area contributed by atoms with Crippen LogP contribution in [0.15, 0.2) is 71.8 Å². The Hall–Kier alpha value is -4.71. The van der Waals surface area contributed by atoms with Gasteiger partial charge in [0, 0.05) is 24.1 Å². The minimum Gasteiger partial charge on any atom is -0.490 e. The molecule has 0 saturated heterocycles. The first-order valence-corrected chi connectivity index (χ1v) is 11.2. The smallest absolute Gasteiger partial charge is 0.240 e. The Morgan fingerprint density at radius 3 is 2.50 bits per heavy atom. The average molecular weight is 489 g/mol. The van der Waals surface area contributed by atoms with Gasteiger partial charge in [0.25, 0.3) is 0 Å². The number of ether oxygens (including phenoxy) is 2. The summed E-state index contributed by atoms with van der Waals surface area (Å²) in [5.41, 5.74) is 4.81. The number of nitriles is 1. The van der Waals surface area contributed by atoms with Crippen molar-refractivity contribution in [1.29, 1.82) is 5.26 Å². The molecule has 36 heavy (non-hydrogen) atoms. The van der Waals surface area contributed by atoms with Gasteiger partial charge >= 0.3 is 0 Å². The molecule has 8 nitrogen and oxygen atoms in total. The second-order valence-corrected chi connectivity index (χ2v) is 7.55. The number of halogens is 1. The summed E-state index contributed by atoms with van der Waals surface area (Å²) in [6.45, 7) is 2.48. The first-order valence-electron chi connectivity index (χ1n) is 11.2. The fourth-order valence-corrected chi connectivity index (χ4v) is 3.12. The number of nitrogens with zero attached hydrogens (tertiary/aromatic N) is 2. The van der Waals surface area contributed by atoms with E-state index in [1.54, 1.807) is 30.3 Å². The zero-order valence-electron chi connectivity index (χ0n) is 19.7. The molecule has 0 atom stereocenters. The van der Waals surface area contributed by atoms with Crippen molar-refractivity contribution >= 4 is 23.7 Å². The summed E-state index contributed by atoms with van der Waals surface area (Å²) in [5.74, 6) is -0.184. The Morgan fingerprint density at radius 1 is 1.00 bits per heavy atom. The van der Waals surface area contributed by atoms with Gasteiger partial charge in [-0.05, 0) is 61.0 Å². The standard InChI is InChI=1S/C27H25FN4O4/c1-2-35-25-15-19(7-12-24(25)36-18-21-6-4-3-5-20(21)16-29)17-30-32-27(34)14-13-26(33)31-23-10-8-22(28)9-11-23/h3-12,15,17H,2,13-14,18H2,1H3,(H,31,33)(H,32,34). The highest BCUT2D eigenvalue weighted by molar-refractivity contribution is 5.93. The molecule has 0 aliphatic heterocycles. The molecular formula is C27H25FN4O4. The van der Waals surface area contributed by atoms with Crippen LogP contribution >= 0.6 is 0 Å². The monoisotopic (exact) mass is 488 g/mol. The Morgan fingerprint density at radius 2 is 1.75 bits per heavy atom. The molecule has 0 saturated carbocycles. The zero-order chi connectivity index (χ0) is 25.8. The molecule has 3 aromatic carbocycles. The molecule has 3 aromatic rings. The summed E-state index contributed by atoms with van der Waals surface area (Å²) >= 11 is 0. The van der Waals surface area contributed by atoms with E-state index >= 15 is 0 Å². The lowest BCUT2D eigenvalue weighted by molar-refractivity contribution is -0.124. The van der Waals surface area contributed by atoms with Gasteiger partial charge in [0.1, 0.15) is 12.4 Å². The van der Waals surface area contributed by atoms with E-state index in [4.69, 9.17) is 9.47 Å². The summed E-state index contributed by atoms with van der Waals surface area (Å²) in [6, 6.07) is 19.9. The molecule has 0 fully saturated rings. The van der Waals surface area contributed by atoms with Crippen molar-refractivity contribution in [2.45, 2.75) is 26.4 Å². The van der Waals surface area contributed by atoms with Crippen LogP contribution in [0, 0.1) is 17.1 Å². The first kappa shape index (κ1) is 25.9. The molecule has 0 spiro atoms. The van der Waals surface area contributed by atoms with Gasteiger partial charge in [-0.15, -0.1) is 0 Å². The summed E-state index contributed by atoms with van der Waals surface area (Å²) < 4.78 is 24.5. The van der Waals surface area contributed by atoms with E-state index in [1.165, 1.54) is 30.5 Å². The van der Waals surface area contributed by atoms with E-state index in [0.717, 1.165) is 5.56 Å². The van der Waals surface area contributed by atoms with E-state index in [0.29, 0.717) is 34.9 Å². The lowest BCUT2D eigenvalue weighted by Gasteiger charge is -2.13. The van der Waals surface area contributed by atoms with Gasteiger partial charge in [0.15, 0.2) is 11.5 Å². The molecule has 184 valence electrons. The number of hydrazone groups is 1. The molecule has 0 aliphatic carbocycles. The topological polar surface area (TPSA) is 113 Å².